The van der Waals surface area contributed by atoms with E-state index in [1.165, 1.54) is 4.90 Å². The second-order valence-electron chi connectivity index (χ2n) is 4.44. The van der Waals surface area contributed by atoms with Crippen molar-refractivity contribution in [1.29, 1.82) is 0 Å². The first-order chi connectivity index (χ1) is 10.2. The van der Waals surface area contributed by atoms with Crippen molar-refractivity contribution in [2.75, 3.05) is 23.9 Å². The van der Waals surface area contributed by atoms with Crippen LogP contribution >= 0.6 is 11.8 Å². The number of ether oxygens (including phenoxy) is 1. The number of benzene rings is 2. The van der Waals surface area contributed by atoms with Gasteiger partial charge in [0.2, 0.25) is 5.91 Å². The van der Waals surface area contributed by atoms with Crippen LogP contribution in [-0.2, 0) is 4.79 Å². The number of hydrogen-bond donors (Lipinski definition) is 2. The predicted octanol–water partition coefficient (Wildman–Crippen LogP) is 3.40. The van der Waals surface area contributed by atoms with E-state index in [4.69, 9.17) is 10.5 Å². The first-order valence-corrected chi connectivity index (χ1v) is 7.82. The van der Waals surface area contributed by atoms with Crippen LogP contribution in [0.4, 0.5) is 11.4 Å². The summed E-state index contributed by atoms with van der Waals surface area (Å²) in [5.41, 5.74) is 7.07. The fourth-order valence-corrected chi connectivity index (χ4v) is 2.13. The zero-order chi connectivity index (χ0) is 15.1. The van der Waals surface area contributed by atoms with Gasteiger partial charge < -0.3 is 15.8 Å². The molecule has 0 radical (unpaired) electrons. The molecule has 2 rings (SSSR count). The van der Waals surface area contributed by atoms with E-state index in [1.807, 2.05) is 30.5 Å². The lowest BCUT2D eigenvalue weighted by molar-refractivity contribution is -0.116. The fraction of sp³-hybridized carbons (Fsp3) is 0.188. The number of carbonyl (C=O) groups excluding carboxylic acids is 1. The van der Waals surface area contributed by atoms with E-state index >= 15 is 0 Å². The van der Waals surface area contributed by atoms with Gasteiger partial charge in [-0.2, -0.15) is 0 Å². The summed E-state index contributed by atoms with van der Waals surface area (Å²) in [6, 6.07) is 14.8. The first kappa shape index (κ1) is 15.3. The fourth-order valence-electron chi connectivity index (χ4n) is 1.72. The molecule has 0 aliphatic carbocycles. The SMILES string of the molecule is CSc1ccc(NC(=O)CCOc2ccc(N)cc2)cc1. The number of anilines is 2. The molecule has 0 aromatic heterocycles. The van der Waals surface area contributed by atoms with Crippen molar-refractivity contribution in [1.82, 2.24) is 0 Å². The molecule has 1 amide bonds. The molecule has 2 aromatic carbocycles. The monoisotopic (exact) mass is 302 g/mol. The first-order valence-electron chi connectivity index (χ1n) is 6.59. The number of hydrogen-bond acceptors (Lipinski definition) is 4. The van der Waals surface area contributed by atoms with Crippen LogP contribution in [0.25, 0.3) is 0 Å². The highest BCUT2D eigenvalue weighted by atomic mass is 32.2. The van der Waals surface area contributed by atoms with Gasteiger partial charge in [-0.1, -0.05) is 0 Å². The van der Waals surface area contributed by atoms with Gasteiger partial charge in [0.15, 0.2) is 0 Å². The van der Waals surface area contributed by atoms with Gasteiger partial charge in [0.25, 0.3) is 0 Å². The number of thioether (sulfide) groups is 1. The van der Waals surface area contributed by atoms with Crippen LogP contribution in [0, 0.1) is 0 Å². The van der Waals surface area contributed by atoms with E-state index in [-0.39, 0.29) is 5.91 Å². The maximum absolute atomic E-state index is 11.8. The Morgan fingerprint density at radius 1 is 1.14 bits per heavy atom. The molecule has 0 atom stereocenters. The Bertz CT molecular complexity index is 582. The summed E-state index contributed by atoms with van der Waals surface area (Å²) >= 11 is 1.67. The maximum atomic E-state index is 11.8. The minimum Gasteiger partial charge on any atom is -0.493 e. The van der Waals surface area contributed by atoms with E-state index in [2.05, 4.69) is 5.32 Å². The number of nitrogens with two attached hydrogens (primary N) is 1. The summed E-state index contributed by atoms with van der Waals surface area (Å²) < 4.78 is 5.49. The van der Waals surface area contributed by atoms with Gasteiger partial charge in [0.05, 0.1) is 13.0 Å². The van der Waals surface area contributed by atoms with E-state index in [0.717, 1.165) is 5.69 Å². The minimum absolute atomic E-state index is 0.0673. The zero-order valence-corrected chi connectivity index (χ0v) is 12.7. The van der Waals surface area contributed by atoms with Crippen molar-refractivity contribution < 1.29 is 9.53 Å². The largest absolute Gasteiger partial charge is 0.493 e. The van der Waals surface area contributed by atoms with Gasteiger partial charge in [-0.05, 0) is 54.8 Å². The van der Waals surface area contributed by atoms with Crippen molar-refractivity contribution in [3.8, 4) is 5.75 Å². The number of rotatable bonds is 6. The van der Waals surface area contributed by atoms with Gasteiger partial charge >= 0.3 is 0 Å². The molecule has 0 saturated heterocycles. The number of carbonyl (C=O) groups is 1. The third-order valence-electron chi connectivity index (χ3n) is 2.85. The Morgan fingerprint density at radius 3 is 2.43 bits per heavy atom. The molecule has 0 aliphatic rings. The number of nitrogen functional groups attached to an aromatic ring is 1. The molecule has 4 nitrogen and oxygen atoms in total. The Morgan fingerprint density at radius 2 is 1.81 bits per heavy atom. The molecule has 3 N–H and O–H groups in total. The molecule has 0 fully saturated rings. The predicted molar refractivity (Wildman–Crippen MR) is 87.8 cm³/mol. The number of amides is 1. The summed E-state index contributed by atoms with van der Waals surface area (Å²) in [5, 5.41) is 2.84. The zero-order valence-electron chi connectivity index (χ0n) is 11.8. The highest BCUT2D eigenvalue weighted by molar-refractivity contribution is 7.98. The highest BCUT2D eigenvalue weighted by Gasteiger charge is 2.03. The smallest absolute Gasteiger partial charge is 0.227 e. The Hall–Kier alpha value is -2.14. The van der Waals surface area contributed by atoms with Crippen molar-refractivity contribution in [2.24, 2.45) is 0 Å². The highest BCUT2D eigenvalue weighted by Crippen LogP contribution is 2.17. The standard InChI is InChI=1S/C16H18N2O2S/c1-21-15-8-4-13(5-9-15)18-16(19)10-11-20-14-6-2-12(17)3-7-14/h2-9H,10-11,17H2,1H3,(H,18,19). The van der Waals surface area contributed by atoms with Crippen LogP contribution in [0.1, 0.15) is 6.42 Å². The lowest BCUT2D eigenvalue weighted by Gasteiger charge is -2.08. The molecule has 0 heterocycles. The van der Waals surface area contributed by atoms with E-state index in [9.17, 15) is 4.79 Å². The van der Waals surface area contributed by atoms with Crippen molar-refractivity contribution in [2.45, 2.75) is 11.3 Å². The average molecular weight is 302 g/mol. The molecule has 0 bridgehead atoms. The van der Waals surface area contributed by atoms with Crippen LogP contribution in [0.15, 0.2) is 53.4 Å². The van der Waals surface area contributed by atoms with Crippen LogP contribution in [0.2, 0.25) is 0 Å². The third kappa shape index (κ3) is 5.04. The molecule has 0 aliphatic heterocycles. The Kier molecular flexibility index (Phi) is 5.51. The molecule has 5 heteroatoms. The quantitative estimate of drug-likeness (QED) is 0.634. The molecular formula is C16H18N2O2S. The summed E-state index contributed by atoms with van der Waals surface area (Å²) in [6.07, 6.45) is 2.32. The molecular weight excluding hydrogens is 284 g/mol. The summed E-state index contributed by atoms with van der Waals surface area (Å²) in [4.78, 5) is 13.0. The van der Waals surface area contributed by atoms with Crippen molar-refractivity contribution >= 4 is 29.0 Å². The van der Waals surface area contributed by atoms with Gasteiger partial charge in [-0.3, -0.25) is 4.79 Å². The van der Waals surface area contributed by atoms with E-state index < -0.39 is 0 Å². The molecule has 110 valence electrons. The van der Waals surface area contributed by atoms with Crippen LogP contribution in [0.5, 0.6) is 5.75 Å². The van der Waals surface area contributed by atoms with Gasteiger partial charge in [-0.15, -0.1) is 11.8 Å². The summed E-state index contributed by atoms with van der Waals surface area (Å²) in [5.74, 6) is 0.642. The van der Waals surface area contributed by atoms with Crippen LogP contribution in [0.3, 0.4) is 0 Å². The van der Waals surface area contributed by atoms with Crippen LogP contribution in [-0.4, -0.2) is 18.8 Å². The van der Waals surface area contributed by atoms with Gasteiger partial charge in [0.1, 0.15) is 5.75 Å². The molecule has 0 unspecified atom stereocenters. The second kappa shape index (κ2) is 7.59. The Balaban J connectivity index is 1.75. The minimum atomic E-state index is -0.0673. The molecule has 21 heavy (non-hydrogen) atoms. The average Bonchev–Trinajstić information content (AvgIpc) is 2.50. The maximum Gasteiger partial charge on any atom is 0.227 e. The second-order valence-corrected chi connectivity index (χ2v) is 5.32. The number of nitrogens with one attached hydrogen (secondary N) is 1. The lowest BCUT2D eigenvalue weighted by Crippen LogP contribution is -2.15. The van der Waals surface area contributed by atoms with Crippen molar-refractivity contribution in [3.63, 3.8) is 0 Å². The third-order valence-corrected chi connectivity index (χ3v) is 3.60. The van der Waals surface area contributed by atoms with E-state index in [1.54, 1.807) is 36.0 Å². The summed E-state index contributed by atoms with van der Waals surface area (Å²) in [7, 11) is 0. The van der Waals surface area contributed by atoms with Gasteiger partial charge in [-0.25, -0.2) is 0 Å². The molecule has 0 spiro atoms. The summed E-state index contributed by atoms with van der Waals surface area (Å²) in [6.45, 7) is 0.332. The van der Waals surface area contributed by atoms with E-state index in [0.29, 0.717) is 24.5 Å². The Labute approximate surface area is 128 Å². The van der Waals surface area contributed by atoms with Gasteiger partial charge in [0, 0.05) is 16.3 Å². The lowest BCUT2D eigenvalue weighted by atomic mass is 10.3. The molecule has 0 saturated carbocycles. The topological polar surface area (TPSA) is 64.3 Å². The normalized spacial score (nSPS) is 10.1. The van der Waals surface area contributed by atoms with Crippen molar-refractivity contribution in [3.05, 3.63) is 48.5 Å². The van der Waals surface area contributed by atoms with Crippen LogP contribution < -0.4 is 15.8 Å². The molecule has 2 aromatic rings.